The summed E-state index contributed by atoms with van der Waals surface area (Å²) < 4.78 is 25.3. The fraction of sp³-hybridized carbons (Fsp3) is 0.688. The van der Waals surface area contributed by atoms with Crippen LogP contribution in [0.25, 0.3) is 0 Å². The molecular formula is C16H27N5O3S. The number of anilines is 1. The molecule has 0 spiro atoms. The van der Waals surface area contributed by atoms with Crippen molar-refractivity contribution in [1.82, 2.24) is 19.6 Å². The van der Waals surface area contributed by atoms with Crippen LogP contribution in [0.15, 0.2) is 6.20 Å². The van der Waals surface area contributed by atoms with Gasteiger partial charge in [0.25, 0.3) is 5.91 Å². The van der Waals surface area contributed by atoms with Crippen LogP contribution < -0.4 is 10.2 Å². The molecule has 0 aromatic carbocycles. The zero-order valence-electron chi connectivity index (χ0n) is 15.3. The van der Waals surface area contributed by atoms with E-state index in [4.69, 9.17) is 0 Å². The summed E-state index contributed by atoms with van der Waals surface area (Å²) in [6, 6.07) is -0.0440. The lowest BCUT2D eigenvalue weighted by atomic mass is 10.0. The molecule has 1 atom stereocenters. The standard InChI is InChI=1S/C16H27N5O3S/c1-12-14(11-18-16(19-12)20(2)3)15(22)17-9-8-13-7-5-6-10-21(13)25(4,23)24/h11,13H,5-10H2,1-4H3,(H,17,22)/t13-/m0/s1. The molecule has 0 radical (unpaired) electrons. The molecule has 8 nitrogen and oxygen atoms in total. The van der Waals surface area contributed by atoms with Gasteiger partial charge in [-0.1, -0.05) is 6.42 Å². The second kappa shape index (κ2) is 8.09. The number of aromatic nitrogens is 2. The minimum atomic E-state index is -3.20. The largest absolute Gasteiger partial charge is 0.352 e. The number of rotatable bonds is 6. The summed E-state index contributed by atoms with van der Waals surface area (Å²) in [7, 11) is 0.477. The summed E-state index contributed by atoms with van der Waals surface area (Å²) in [6.07, 6.45) is 6.12. The van der Waals surface area contributed by atoms with Crippen molar-refractivity contribution in [3.05, 3.63) is 17.5 Å². The fourth-order valence-corrected chi connectivity index (χ4v) is 4.25. The fourth-order valence-electron chi connectivity index (χ4n) is 3.04. The molecular weight excluding hydrogens is 342 g/mol. The van der Waals surface area contributed by atoms with E-state index in [1.54, 1.807) is 16.1 Å². The van der Waals surface area contributed by atoms with Crippen molar-refractivity contribution in [1.29, 1.82) is 0 Å². The number of amides is 1. The minimum absolute atomic E-state index is 0.0440. The second-order valence-electron chi connectivity index (χ2n) is 6.63. The molecule has 1 amide bonds. The van der Waals surface area contributed by atoms with Gasteiger partial charge in [-0.2, -0.15) is 4.31 Å². The third-order valence-corrected chi connectivity index (χ3v) is 5.71. The molecule has 0 bridgehead atoms. The number of carbonyl (C=O) groups excluding carboxylic acids is 1. The van der Waals surface area contributed by atoms with Crippen molar-refractivity contribution in [3.63, 3.8) is 0 Å². The van der Waals surface area contributed by atoms with Crippen LogP contribution in [0.5, 0.6) is 0 Å². The molecule has 1 aliphatic heterocycles. The molecule has 9 heteroatoms. The van der Waals surface area contributed by atoms with Gasteiger partial charge in [-0.05, 0) is 26.2 Å². The molecule has 25 heavy (non-hydrogen) atoms. The summed E-state index contributed by atoms with van der Waals surface area (Å²) in [5.41, 5.74) is 1.06. The van der Waals surface area contributed by atoms with E-state index in [1.165, 1.54) is 12.5 Å². The highest BCUT2D eigenvalue weighted by atomic mass is 32.2. The number of nitrogens with zero attached hydrogens (tertiary/aromatic N) is 4. The number of nitrogens with one attached hydrogen (secondary N) is 1. The van der Waals surface area contributed by atoms with Crippen LogP contribution in [0.4, 0.5) is 5.95 Å². The number of hydrogen-bond donors (Lipinski definition) is 1. The number of hydrogen-bond acceptors (Lipinski definition) is 6. The lowest BCUT2D eigenvalue weighted by molar-refractivity contribution is 0.0948. The van der Waals surface area contributed by atoms with Crippen molar-refractivity contribution in [2.24, 2.45) is 0 Å². The lowest BCUT2D eigenvalue weighted by Gasteiger charge is -2.33. The van der Waals surface area contributed by atoms with E-state index in [9.17, 15) is 13.2 Å². The van der Waals surface area contributed by atoms with Crippen LogP contribution in [0.1, 0.15) is 41.7 Å². The van der Waals surface area contributed by atoms with Crippen molar-refractivity contribution in [2.75, 3.05) is 38.3 Å². The Hall–Kier alpha value is -1.74. The maximum atomic E-state index is 12.3. The van der Waals surface area contributed by atoms with E-state index >= 15 is 0 Å². The first-order chi connectivity index (χ1) is 11.7. The second-order valence-corrected chi connectivity index (χ2v) is 8.57. The monoisotopic (exact) mass is 369 g/mol. The summed E-state index contributed by atoms with van der Waals surface area (Å²) in [5.74, 6) is 0.324. The third kappa shape index (κ3) is 5.12. The smallest absolute Gasteiger partial charge is 0.254 e. The zero-order valence-corrected chi connectivity index (χ0v) is 16.1. The first-order valence-electron chi connectivity index (χ1n) is 8.46. The van der Waals surface area contributed by atoms with E-state index in [0.29, 0.717) is 36.7 Å². The molecule has 0 unspecified atom stereocenters. The van der Waals surface area contributed by atoms with Crippen LogP contribution >= 0.6 is 0 Å². The Morgan fingerprint density at radius 2 is 2.12 bits per heavy atom. The van der Waals surface area contributed by atoms with E-state index < -0.39 is 10.0 Å². The van der Waals surface area contributed by atoms with Gasteiger partial charge in [0.05, 0.1) is 17.5 Å². The SMILES string of the molecule is Cc1nc(N(C)C)ncc1C(=O)NCC[C@@H]1CCCCN1S(C)(=O)=O. The van der Waals surface area contributed by atoms with Gasteiger partial charge in [-0.15, -0.1) is 0 Å². The van der Waals surface area contributed by atoms with Crippen LogP contribution in [0, 0.1) is 6.92 Å². The normalized spacial score (nSPS) is 18.8. The Morgan fingerprint density at radius 3 is 2.72 bits per heavy atom. The summed E-state index contributed by atoms with van der Waals surface area (Å²) >= 11 is 0. The number of piperidine rings is 1. The van der Waals surface area contributed by atoms with Gasteiger partial charge < -0.3 is 10.2 Å². The topological polar surface area (TPSA) is 95.5 Å². The van der Waals surface area contributed by atoms with Crippen molar-refractivity contribution >= 4 is 21.9 Å². The molecule has 140 valence electrons. The molecule has 1 aromatic heterocycles. The Labute approximate surface area is 149 Å². The van der Waals surface area contributed by atoms with E-state index in [1.807, 2.05) is 14.1 Å². The third-order valence-electron chi connectivity index (χ3n) is 4.37. The molecule has 0 saturated carbocycles. The summed E-state index contributed by atoms with van der Waals surface area (Å²) in [4.78, 5) is 22.6. The number of carbonyl (C=O) groups is 1. The first-order valence-corrected chi connectivity index (χ1v) is 10.3. The first kappa shape index (κ1) is 19.6. The highest BCUT2D eigenvalue weighted by Gasteiger charge is 2.29. The number of aryl methyl sites for hydroxylation is 1. The average molecular weight is 369 g/mol. The highest BCUT2D eigenvalue weighted by Crippen LogP contribution is 2.22. The van der Waals surface area contributed by atoms with Crippen molar-refractivity contribution < 1.29 is 13.2 Å². The lowest BCUT2D eigenvalue weighted by Crippen LogP contribution is -2.44. The summed E-state index contributed by atoms with van der Waals surface area (Å²) in [6.45, 7) is 2.76. The predicted molar refractivity (Wildman–Crippen MR) is 97.2 cm³/mol. The number of sulfonamides is 1. The van der Waals surface area contributed by atoms with Gasteiger partial charge in [-0.25, -0.2) is 18.4 Å². The Morgan fingerprint density at radius 1 is 1.40 bits per heavy atom. The van der Waals surface area contributed by atoms with Crippen molar-refractivity contribution in [2.45, 2.75) is 38.6 Å². The van der Waals surface area contributed by atoms with Gasteiger partial charge in [-0.3, -0.25) is 4.79 Å². The predicted octanol–water partition coefficient (Wildman–Crippen LogP) is 0.785. The van der Waals surface area contributed by atoms with E-state index in [-0.39, 0.29) is 11.9 Å². The maximum Gasteiger partial charge on any atom is 0.254 e. The van der Waals surface area contributed by atoms with Gasteiger partial charge in [0.2, 0.25) is 16.0 Å². The molecule has 2 rings (SSSR count). The molecule has 1 aliphatic rings. The van der Waals surface area contributed by atoms with Crippen LogP contribution in [0.2, 0.25) is 0 Å². The zero-order chi connectivity index (χ0) is 18.6. The Balaban J connectivity index is 1.94. The Bertz CT molecular complexity index is 720. The van der Waals surface area contributed by atoms with E-state index in [2.05, 4.69) is 15.3 Å². The molecule has 0 aliphatic carbocycles. The molecule has 2 heterocycles. The van der Waals surface area contributed by atoms with E-state index in [0.717, 1.165) is 19.3 Å². The van der Waals surface area contributed by atoms with Gasteiger partial charge in [0.1, 0.15) is 0 Å². The van der Waals surface area contributed by atoms with Crippen LogP contribution in [-0.4, -0.2) is 68.1 Å². The quantitative estimate of drug-likeness (QED) is 0.796. The molecule has 1 aromatic rings. The van der Waals surface area contributed by atoms with Gasteiger partial charge in [0.15, 0.2) is 0 Å². The van der Waals surface area contributed by atoms with Crippen LogP contribution in [-0.2, 0) is 10.0 Å². The highest BCUT2D eigenvalue weighted by molar-refractivity contribution is 7.88. The average Bonchev–Trinajstić information content (AvgIpc) is 2.54. The maximum absolute atomic E-state index is 12.3. The molecule has 1 saturated heterocycles. The Kier molecular flexibility index (Phi) is 6.34. The van der Waals surface area contributed by atoms with Gasteiger partial charge >= 0.3 is 0 Å². The minimum Gasteiger partial charge on any atom is -0.352 e. The van der Waals surface area contributed by atoms with Gasteiger partial charge in [0, 0.05) is 39.4 Å². The molecule has 1 fully saturated rings. The summed E-state index contributed by atoms with van der Waals surface area (Å²) in [5, 5.41) is 2.85. The molecule has 1 N–H and O–H groups in total. The van der Waals surface area contributed by atoms with Crippen molar-refractivity contribution in [3.8, 4) is 0 Å². The van der Waals surface area contributed by atoms with Crippen LogP contribution in [0.3, 0.4) is 0 Å².